The van der Waals surface area contributed by atoms with Gasteiger partial charge in [-0.05, 0) is 26.7 Å². The van der Waals surface area contributed by atoms with Crippen LogP contribution in [0.2, 0.25) is 0 Å². The van der Waals surface area contributed by atoms with Gasteiger partial charge >= 0.3 is 0 Å². The van der Waals surface area contributed by atoms with Gasteiger partial charge in [0.15, 0.2) is 11.1 Å². The number of guanidine groups is 1. The molecule has 2 aliphatic heterocycles. The predicted molar refractivity (Wildman–Crippen MR) is 119 cm³/mol. The lowest BCUT2D eigenvalue weighted by atomic mass is 9.65. The zero-order valence-corrected chi connectivity index (χ0v) is 19.3. The first-order chi connectivity index (χ1) is 11.3. The van der Waals surface area contributed by atoms with Gasteiger partial charge in [0.25, 0.3) is 0 Å². The third kappa shape index (κ3) is 4.07. The second-order valence-corrected chi connectivity index (χ2v) is 8.91. The van der Waals surface area contributed by atoms with Crippen LogP contribution in [0.3, 0.4) is 0 Å². The lowest BCUT2D eigenvalue weighted by Gasteiger charge is -2.62. The molecule has 0 bridgehead atoms. The number of halogens is 1. The number of nitrogens with one attached hydrogen (secondary N) is 1. The van der Waals surface area contributed by atoms with Crippen molar-refractivity contribution < 1.29 is 0 Å². The monoisotopic (exact) mass is 477 g/mol. The van der Waals surface area contributed by atoms with Gasteiger partial charge in [-0.3, -0.25) is 4.99 Å². The Morgan fingerprint density at radius 2 is 1.96 bits per heavy atom. The Labute approximate surface area is 173 Å². The van der Waals surface area contributed by atoms with E-state index in [2.05, 4.69) is 53.2 Å². The fourth-order valence-electron chi connectivity index (χ4n) is 3.46. The quantitative estimate of drug-likeness (QED) is 0.409. The number of aliphatic imine (C=N–C) groups is 1. The van der Waals surface area contributed by atoms with E-state index in [-0.39, 0.29) is 29.5 Å². The van der Waals surface area contributed by atoms with E-state index in [1.807, 2.05) is 7.05 Å². The Balaban J connectivity index is 0.00000225. The normalized spacial score (nSPS) is 21.7. The van der Waals surface area contributed by atoms with E-state index in [0.717, 1.165) is 38.6 Å². The fraction of sp³-hybridized carbons (Fsp3) is 0.778. The summed E-state index contributed by atoms with van der Waals surface area (Å²) in [6, 6.07) is 0. The third-order valence-electron chi connectivity index (χ3n) is 5.93. The zero-order valence-electron chi connectivity index (χ0n) is 16.1. The number of aromatic nitrogens is 1. The molecule has 7 heteroatoms. The van der Waals surface area contributed by atoms with Crippen LogP contribution in [0, 0.1) is 5.41 Å². The van der Waals surface area contributed by atoms with Crippen molar-refractivity contribution in [2.75, 3.05) is 38.1 Å². The zero-order chi connectivity index (χ0) is 17.4. The lowest BCUT2D eigenvalue weighted by molar-refractivity contribution is -0.0666. The molecule has 0 atom stereocenters. The first-order valence-electron chi connectivity index (χ1n) is 9.03. The highest BCUT2D eigenvalue weighted by atomic mass is 127. The molecule has 0 aliphatic carbocycles. The maximum atomic E-state index is 4.80. The molecule has 2 aliphatic rings. The van der Waals surface area contributed by atoms with Gasteiger partial charge in [0.1, 0.15) is 0 Å². The van der Waals surface area contributed by atoms with Gasteiger partial charge in [-0.15, -0.1) is 35.3 Å². The molecule has 1 aromatic heterocycles. The van der Waals surface area contributed by atoms with Crippen LogP contribution in [-0.2, 0) is 6.42 Å². The second kappa shape index (κ2) is 7.98. The Hall–Kier alpha value is -0.570. The number of nitrogens with zero attached hydrogens (tertiary/aromatic N) is 4. The smallest absolute Gasteiger partial charge is 0.194 e. The number of rotatable bonds is 4. The van der Waals surface area contributed by atoms with Crippen LogP contribution < -0.4 is 10.2 Å². The molecule has 0 unspecified atom stereocenters. The number of hydrogen-bond donors (Lipinski definition) is 1. The van der Waals surface area contributed by atoms with Crippen molar-refractivity contribution in [1.29, 1.82) is 0 Å². The summed E-state index contributed by atoms with van der Waals surface area (Å²) in [7, 11) is 1.87. The molecule has 0 amide bonds. The number of anilines is 1. The Morgan fingerprint density at radius 1 is 1.28 bits per heavy atom. The fourth-order valence-corrected chi connectivity index (χ4v) is 4.38. The van der Waals surface area contributed by atoms with Crippen molar-refractivity contribution in [2.45, 2.75) is 52.5 Å². The van der Waals surface area contributed by atoms with Crippen molar-refractivity contribution in [2.24, 2.45) is 10.4 Å². The molecule has 3 rings (SSSR count). The molecule has 0 aromatic carbocycles. The van der Waals surface area contributed by atoms with Crippen molar-refractivity contribution in [3.63, 3.8) is 0 Å². The Bertz CT molecular complexity index is 604. The molecular weight excluding hydrogens is 445 g/mol. The molecule has 5 nitrogen and oxygen atoms in total. The van der Waals surface area contributed by atoms with Crippen molar-refractivity contribution in [3.8, 4) is 0 Å². The number of thiazole rings is 1. The summed E-state index contributed by atoms with van der Waals surface area (Å²) < 4.78 is 0. The first-order valence-corrected chi connectivity index (χ1v) is 9.91. The van der Waals surface area contributed by atoms with E-state index < -0.39 is 0 Å². The summed E-state index contributed by atoms with van der Waals surface area (Å²) >= 11 is 1.78. The van der Waals surface area contributed by atoms with Gasteiger partial charge in [0, 0.05) is 56.0 Å². The molecule has 1 aromatic rings. The van der Waals surface area contributed by atoms with Gasteiger partial charge in [-0.2, -0.15) is 0 Å². The minimum Gasteiger partial charge on any atom is -0.356 e. The van der Waals surface area contributed by atoms with E-state index in [1.165, 1.54) is 23.7 Å². The van der Waals surface area contributed by atoms with Gasteiger partial charge < -0.3 is 15.1 Å². The summed E-state index contributed by atoms with van der Waals surface area (Å²) in [4.78, 5) is 14.1. The van der Waals surface area contributed by atoms with Crippen molar-refractivity contribution in [1.82, 2.24) is 15.2 Å². The van der Waals surface area contributed by atoms with Crippen LogP contribution >= 0.6 is 35.3 Å². The van der Waals surface area contributed by atoms with Gasteiger partial charge in [0.05, 0.1) is 5.69 Å². The molecular formula is C18H32IN5S. The Morgan fingerprint density at radius 3 is 2.52 bits per heavy atom. The summed E-state index contributed by atoms with van der Waals surface area (Å²) in [5.41, 5.74) is 1.65. The van der Waals surface area contributed by atoms with Crippen LogP contribution in [0.5, 0.6) is 0 Å². The summed E-state index contributed by atoms with van der Waals surface area (Å²) in [5.74, 6) is 1.01. The molecule has 2 saturated heterocycles. The molecule has 1 N–H and O–H groups in total. The molecule has 25 heavy (non-hydrogen) atoms. The molecule has 142 valence electrons. The molecule has 2 fully saturated rings. The summed E-state index contributed by atoms with van der Waals surface area (Å²) in [6.45, 7) is 13.5. The maximum absolute atomic E-state index is 4.80. The minimum absolute atomic E-state index is 0. The number of hydrogen-bond acceptors (Lipinski definition) is 4. The average Bonchev–Trinajstić information content (AvgIpc) is 3.20. The van der Waals surface area contributed by atoms with Crippen LogP contribution in [0.1, 0.15) is 46.2 Å². The van der Waals surface area contributed by atoms with Crippen molar-refractivity contribution >= 4 is 46.4 Å². The first kappa shape index (κ1) is 20.7. The highest BCUT2D eigenvalue weighted by Crippen LogP contribution is 2.46. The van der Waals surface area contributed by atoms with Crippen LogP contribution in [0.4, 0.5) is 5.13 Å². The van der Waals surface area contributed by atoms with E-state index in [1.54, 1.807) is 11.3 Å². The highest BCUT2D eigenvalue weighted by molar-refractivity contribution is 14.0. The SMILES string of the molecule is CN=C(NCCc1csc(N2CCCC2)n1)N1CC(C)(C)C1(C)C.I. The molecule has 3 heterocycles. The van der Waals surface area contributed by atoms with Gasteiger partial charge in [-0.1, -0.05) is 13.8 Å². The van der Waals surface area contributed by atoms with Crippen molar-refractivity contribution in [3.05, 3.63) is 11.1 Å². The predicted octanol–water partition coefficient (Wildman–Crippen LogP) is 3.60. The van der Waals surface area contributed by atoms with Gasteiger partial charge in [0.2, 0.25) is 0 Å². The van der Waals surface area contributed by atoms with Gasteiger partial charge in [-0.25, -0.2) is 4.98 Å². The molecule has 0 radical (unpaired) electrons. The van der Waals surface area contributed by atoms with E-state index in [4.69, 9.17) is 4.98 Å². The van der Waals surface area contributed by atoms with Crippen LogP contribution in [0.15, 0.2) is 10.4 Å². The lowest BCUT2D eigenvalue weighted by Crippen LogP contribution is -2.72. The van der Waals surface area contributed by atoms with E-state index >= 15 is 0 Å². The molecule has 0 spiro atoms. The minimum atomic E-state index is 0. The second-order valence-electron chi connectivity index (χ2n) is 8.07. The maximum Gasteiger partial charge on any atom is 0.194 e. The standard InChI is InChI=1S/C18H31N5S.HI/c1-17(2)13-23(18(17,3)4)15(19-5)20-9-8-14-12-24-16(21-14)22-10-6-7-11-22;/h12H,6-11,13H2,1-5H3,(H,19,20);1H. The third-order valence-corrected chi connectivity index (χ3v) is 6.88. The van der Waals surface area contributed by atoms with E-state index in [0.29, 0.717) is 5.41 Å². The van der Waals surface area contributed by atoms with Crippen LogP contribution in [-0.4, -0.2) is 54.6 Å². The largest absolute Gasteiger partial charge is 0.356 e. The summed E-state index contributed by atoms with van der Waals surface area (Å²) in [6.07, 6.45) is 3.55. The Kier molecular flexibility index (Phi) is 6.62. The van der Waals surface area contributed by atoms with Crippen LogP contribution in [0.25, 0.3) is 0 Å². The average molecular weight is 477 g/mol. The number of likely N-dealkylation sites (tertiary alicyclic amines) is 1. The summed E-state index contributed by atoms with van der Waals surface area (Å²) in [5, 5.41) is 6.91. The topological polar surface area (TPSA) is 43.8 Å². The highest BCUT2D eigenvalue weighted by Gasteiger charge is 2.53. The van der Waals surface area contributed by atoms with E-state index in [9.17, 15) is 0 Å². The molecule has 0 saturated carbocycles.